The van der Waals surface area contributed by atoms with Crippen LogP contribution in [0.1, 0.15) is 44.8 Å². The topological polar surface area (TPSA) is 72.6 Å². The first-order chi connectivity index (χ1) is 12.1. The van der Waals surface area contributed by atoms with Crippen LogP contribution in [0.2, 0.25) is 0 Å². The maximum absolute atomic E-state index is 13.5. The van der Waals surface area contributed by atoms with Crippen molar-refractivity contribution in [3.05, 3.63) is 36.2 Å². The first-order valence-corrected chi connectivity index (χ1v) is 8.68. The zero-order valence-corrected chi connectivity index (χ0v) is 14.2. The van der Waals surface area contributed by atoms with Crippen molar-refractivity contribution < 1.29 is 23.4 Å². The Labute approximate surface area is 145 Å². The zero-order valence-electron chi connectivity index (χ0n) is 14.2. The third-order valence-corrected chi connectivity index (χ3v) is 4.92. The normalized spacial score (nSPS) is 16.1. The van der Waals surface area contributed by atoms with E-state index in [-0.39, 0.29) is 18.5 Å². The summed E-state index contributed by atoms with van der Waals surface area (Å²) in [5.41, 5.74) is 0.860. The molecule has 1 aromatic heterocycles. The molecular formula is C19H22FNO4. The number of nitrogens with zero attached hydrogens (tertiary/aromatic N) is 1. The lowest BCUT2D eigenvalue weighted by Gasteiger charge is -2.20. The van der Waals surface area contributed by atoms with Gasteiger partial charge in [-0.15, -0.1) is 0 Å². The van der Waals surface area contributed by atoms with Crippen molar-refractivity contribution in [1.29, 1.82) is 0 Å². The number of hydrogen-bond acceptors (Lipinski definition) is 5. The molecule has 6 heteroatoms. The number of esters is 1. The molecule has 0 saturated heterocycles. The van der Waals surface area contributed by atoms with E-state index < -0.39 is 11.6 Å². The van der Waals surface area contributed by atoms with E-state index in [0.717, 1.165) is 19.3 Å². The van der Waals surface area contributed by atoms with Crippen LogP contribution in [0.25, 0.3) is 11.3 Å². The maximum atomic E-state index is 13.5. The molecule has 1 N–H and O–H groups in total. The third kappa shape index (κ3) is 3.83. The van der Waals surface area contributed by atoms with Gasteiger partial charge in [0, 0.05) is 5.56 Å². The summed E-state index contributed by atoms with van der Waals surface area (Å²) < 4.78 is 24.3. The lowest BCUT2D eigenvalue weighted by Crippen LogP contribution is -2.23. The molecule has 1 aliphatic carbocycles. The molecule has 1 heterocycles. The Balaban J connectivity index is 1.68. The standard InChI is InChI=1S/C19H22FNO4/c1-2-14(12-5-3-4-6-12)19(23)24-10-17-18(21-11-25-17)13-7-8-16(22)15(20)9-13/h7-9,11-12,14,22H,2-6,10H2,1H3. The summed E-state index contributed by atoms with van der Waals surface area (Å²) in [6.07, 6.45) is 6.50. The van der Waals surface area contributed by atoms with E-state index in [4.69, 9.17) is 9.15 Å². The number of benzene rings is 1. The minimum absolute atomic E-state index is 0.0418. The number of aromatic nitrogens is 1. The minimum atomic E-state index is -0.740. The number of phenolic OH excluding ortho intramolecular Hbond substituents is 1. The molecule has 1 aromatic carbocycles. The van der Waals surface area contributed by atoms with Crippen LogP contribution in [0.3, 0.4) is 0 Å². The van der Waals surface area contributed by atoms with E-state index in [2.05, 4.69) is 4.98 Å². The number of phenols is 1. The van der Waals surface area contributed by atoms with Gasteiger partial charge < -0.3 is 14.3 Å². The Morgan fingerprint density at radius 3 is 2.88 bits per heavy atom. The van der Waals surface area contributed by atoms with Crippen molar-refractivity contribution in [2.24, 2.45) is 11.8 Å². The summed E-state index contributed by atoms with van der Waals surface area (Å²) in [6, 6.07) is 3.96. The second kappa shape index (κ2) is 7.68. The highest BCUT2D eigenvalue weighted by Gasteiger charge is 2.30. The van der Waals surface area contributed by atoms with Gasteiger partial charge in [0.15, 0.2) is 30.3 Å². The lowest BCUT2D eigenvalue weighted by molar-refractivity contribution is -0.152. The number of hydrogen-bond donors (Lipinski definition) is 1. The average Bonchev–Trinajstić information content (AvgIpc) is 3.28. The van der Waals surface area contributed by atoms with Crippen LogP contribution in [-0.4, -0.2) is 16.1 Å². The van der Waals surface area contributed by atoms with Crippen molar-refractivity contribution in [1.82, 2.24) is 4.98 Å². The Morgan fingerprint density at radius 2 is 2.20 bits per heavy atom. The van der Waals surface area contributed by atoms with Gasteiger partial charge in [0.25, 0.3) is 0 Å². The maximum Gasteiger partial charge on any atom is 0.309 e. The van der Waals surface area contributed by atoms with Crippen molar-refractivity contribution in [3.8, 4) is 17.0 Å². The SMILES string of the molecule is CCC(C(=O)OCc1ocnc1-c1ccc(O)c(F)c1)C1CCCC1. The molecule has 1 unspecified atom stereocenters. The fourth-order valence-electron chi connectivity index (χ4n) is 3.56. The van der Waals surface area contributed by atoms with Gasteiger partial charge in [-0.1, -0.05) is 19.8 Å². The van der Waals surface area contributed by atoms with Crippen LogP contribution in [-0.2, 0) is 16.1 Å². The molecule has 0 spiro atoms. The van der Waals surface area contributed by atoms with Crippen molar-refractivity contribution >= 4 is 5.97 Å². The first kappa shape index (κ1) is 17.5. The predicted molar refractivity (Wildman–Crippen MR) is 89.1 cm³/mol. The average molecular weight is 347 g/mol. The van der Waals surface area contributed by atoms with Gasteiger partial charge in [-0.25, -0.2) is 9.37 Å². The van der Waals surface area contributed by atoms with E-state index in [1.807, 2.05) is 6.92 Å². The van der Waals surface area contributed by atoms with Crippen LogP contribution >= 0.6 is 0 Å². The second-order valence-corrected chi connectivity index (χ2v) is 6.46. The summed E-state index contributed by atoms with van der Waals surface area (Å²) in [7, 11) is 0. The van der Waals surface area contributed by atoms with E-state index in [9.17, 15) is 14.3 Å². The fraction of sp³-hybridized carbons (Fsp3) is 0.474. The Bertz CT molecular complexity index is 737. The number of rotatable bonds is 6. The van der Waals surface area contributed by atoms with Crippen LogP contribution < -0.4 is 0 Å². The molecule has 1 aliphatic rings. The molecule has 0 aliphatic heterocycles. The Morgan fingerprint density at radius 1 is 1.44 bits per heavy atom. The molecule has 1 fully saturated rings. The van der Waals surface area contributed by atoms with Crippen LogP contribution in [0, 0.1) is 17.7 Å². The molecule has 2 aromatic rings. The molecule has 5 nitrogen and oxygen atoms in total. The number of aromatic hydroxyl groups is 1. The summed E-state index contributed by atoms with van der Waals surface area (Å²) in [6.45, 7) is 1.96. The number of halogens is 1. The van der Waals surface area contributed by atoms with Crippen molar-refractivity contribution in [2.45, 2.75) is 45.6 Å². The fourth-order valence-corrected chi connectivity index (χ4v) is 3.56. The largest absolute Gasteiger partial charge is 0.505 e. The monoisotopic (exact) mass is 347 g/mol. The summed E-state index contributed by atoms with van der Waals surface area (Å²) in [5.74, 6) is -0.704. The highest BCUT2D eigenvalue weighted by molar-refractivity contribution is 5.73. The molecular weight excluding hydrogens is 325 g/mol. The quantitative estimate of drug-likeness (QED) is 0.782. The summed E-state index contributed by atoms with van der Waals surface area (Å²) >= 11 is 0. The molecule has 0 radical (unpaired) electrons. The van der Waals surface area contributed by atoms with Gasteiger partial charge in [0.05, 0.1) is 5.92 Å². The molecule has 1 saturated carbocycles. The predicted octanol–water partition coefficient (Wildman–Crippen LogP) is 4.45. The number of carbonyl (C=O) groups excluding carboxylic acids is 1. The smallest absolute Gasteiger partial charge is 0.309 e. The van der Waals surface area contributed by atoms with Crippen molar-refractivity contribution in [2.75, 3.05) is 0 Å². The minimum Gasteiger partial charge on any atom is -0.505 e. The molecule has 1 atom stereocenters. The number of carbonyl (C=O) groups is 1. The highest BCUT2D eigenvalue weighted by Crippen LogP contribution is 2.34. The van der Waals surface area contributed by atoms with Gasteiger partial charge >= 0.3 is 5.97 Å². The van der Waals surface area contributed by atoms with Gasteiger partial charge in [-0.3, -0.25) is 4.79 Å². The van der Waals surface area contributed by atoms with E-state index >= 15 is 0 Å². The molecule has 3 rings (SSSR count). The summed E-state index contributed by atoms with van der Waals surface area (Å²) in [5, 5.41) is 9.29. The van der Waals surface area contributed by atoms with Crippen LogP contribution in [0.4, 0.5) is 4.39 Å². The second-order valence-electron chi connectivity index (χ2n) is 6.46. The van der Waals surface area contributed by atoms with Gasteiger partial charge in [0.1, 0.15) is 5.69 Å². The van der Waals surface area contributed by atoms with E-state index in [0.29, 0.717) is 22.9 Å². The molecule has 25 heavy (non-hydrogen) atoms. The van der Waals surface area contributed by atoms with E-state index in [1.54, 1.807) is 0 Å². The number of oxazole rings is 1. The molecule has 0 amide bonds. The van der Waals surface area contributed by atoms with Crippen LogP contribution in [0.5, 0.6) is 5.75 Å². The highest BCUT2D eigenvalue weighted by atomic mass is 19.1. The lowest BCUT2D eigenvalue weighted by atomic mass is 9.89. The van der Waals surface area contributed by atoms with Gasteiger partial charge in [-0.05, 0) is 43.4 Å². The Kier molecular flexibility index (Phi) is 5.36. The van der Waals surface area contributed by atoms with Gasteiger partial charge in [0.2, 0.25) is 0 Å². The molecule has 134 valence electrons. The zero-order chi connectivity index (χ0) is 17.8. The third-order valence-electron chi connectivity index (χ3n) is 4.92. The van der Waals surface area contributed by atoms with Crippen LogP contribution in [0.15, 0.2) is 29.0 Å². The van der Waals surface area contributed by atoms with E-state index in [1.165, 1.54) is 37.4 Å². The Hall–Kier alpha value is -2.37. The first-order valence-electron chi connectivity index (χ1n) is 8.68. The van der Waals surface area contributed by atoms with Crippen molar-refractivity contribution in [3.63, 3.8) is 0 Å². The van der Waals surface area contributed by atoms with Gasteiger partial charge in [-0.2, -0.15) is 0 Å². The molecule has 0 bridgehead atoms. The number of ether oxygens (including phenoxy) is 1. The summed E-state index contributed by atoms with van der Waals surface area (Å²) in [4.78, 5) is 16.5.